The molecule has 1 unspecified atom stereocenters. The Morgan fingerprint density at radius 3 is 2.81 bits per heavy atom. The number of nitrogens with zero attached hydrogens (tertiary/aromatic N) is 3. The molecule has 0 saturated carbocycles. The van der Waals surface area contributed by atoms with Gasteiger partial charge in [0.15, 0.2) is 0 Å². The molecule has 0 saturated heterocycles. The van der Waals surface area contributed by atoms with Crippen molar-refractivity contribution < 1.29 is 0 Å². The Kier molecular flexibility index (Phi) is 3.71. The molecule has 0 radical (unpaired) electrons. The van der Waals surface area contributed by atoms with E-state index in [1.165, 1.54) is 22.0 Å². The molecule has 1 atom stereocenters. The number of pyridine rings is 1. The summed E-state index contributed by atoms with van der Waals surface area (Å²) in [5.41, 5.74) is 4.78. The van der Waals surface area contributed by atoms with E-state index in [2.05, 4.69) is 52.7 Å². The van der Waals surface area contributed by atoms with Gasteiger partial charge in [-0.25, -0.2) is 0 Å². The van der Waals surface area contributed by atoms with Gasteiger partial charge < -0.3 is 5.32 Å². The first kappa shape index (κ1) is 13.8. The maximum absolute atomic E-state index is 4.69. The van der Waals surface area contributed by atoms with Crippen molar-refractivity contribution in [3.8, 4) is 0 Å². The van der Waals surface area contributed by atoms with Crippen molar-refractivity contribution in [2.24, 2.45) is 7.05 Å². The van der Waals surface area contributed by atoms with Gasteiger partial charge in [0, 0.05) is 37.3 Å². The van der Waals surface area contributed by atoms with Gasteiger partial charge in [-0.1, -0.05) is 18.2 Å². The van der Waals surface area contributed by atoms with Gasteiger partial charge in [0.2, 0.25) is 0 Å². The number of likely N-dealkylation sites (N-methyl/N-ethyl adjacent to an activating group) is 1. The van der Waals surface area contributed by atoms with Crippen LogP contribution in [0.15, 0.2) is 42.7 Å². The first-order chi connectivity index (χ1) is 10.2. The lowest BCUT2D eigenvalue weighted by Crippen LogP contribution is -2.20. The first-order valence-electron chi connectivity index (χ1n) is 7.19. The largest absolute Gasteiger partial charge is 0.313 e. The van der Waals surface area contributed by atoms with Crippen molar-refractivity contribution in [2.75, 3.05) is 7.05 Å². The molecule has 0 spiro atoms. The number of hydrogen-bond acceptors (Lipinski definition) is 3. The van der Waals surface area contributed by atoms with Gasteiger partial charge >= 0.3 is 0 Å². The van der Waals surface area contributed by atoms with Crippen LogP contribution in [0, 0.1) is 6.92 Å². The molecule has 3 aromatic rings. The number of fused-ring (bicyclic) bond motifs is 1. The van der Waals surface area contributed by atoms with Gasteiger partial charge in [-0.05, 0) is 37.2 Å². The molecule has 2 heterocycles. The highest BCUT2D eigenvalue weighted by Gasteiger charge is 2.17. The zero-order chi connectivity index (χ0) is 14.8. The van der Waals surface area contributed by atoms with Crippen molar-refractivity contribution in [1.82, 2.24) is 20.1 Å². The average Bonchev–Trinajstić information content (AvgIpc) is 2.82. The molecule has 0 fully saturated rings. The van der Waals surface area contributed by atoms with Crippen LogP contribution in [-0.2, 0) is 13.5 Å². The molecule has 21 heavy (non-hydrogen) atoms. The Morgan fingerprint density at radius 1 is 1.24 bits per heavy atom. The molecule has 0 amide bonds. The minimum absolute atomic E-state index is 0.219. The quantitative estimate of drug-likeness (QED) is 0.799. The average molecular weight is 280 g/mol. The van der Waals surface area contributed by atoms with Gasteiger partial charge in [-0.3, -0.25) is 9.67 Å². The van der Waals surface area contributed by atoms with E-state index in [-0.39, 0.29) is 6.04 Å². The zero-order valence-corrected chi connectivity index (χ0v) is 12.7. The normalized spacial score (nSPS) is 12.7. The van der Waals surface area contributed by atoms with E-state index >= 15 is 0 Å². The molecule has 0 aliphatic carbocycles. The molecule has 0 bridgehead atoms. The maximum Gasteiger partial charge on any atom is 0.0722 e. The maximum atomic E-state index is 4.69. The molecule has 1 N–H and O–H groups in total. The minimum Gasteiger partial charge on any atom is -0.313 e. The highest BCUT2D eigenvalue weighted by atomic mass is 15.3. The summed E-state index contributed by atoms with van der Waals surface area (Å²) in [6.45, 7) is 2.12. The van der Waals surface area contributed by atoms with E-state index in [9.17, 15) is 0 Å². The van der Waals surface area contributed by atoms with Gasteiger partial charge in [0.1, 0.15) is 0 Å². The lowest BCUT2D eigenvalue weighted by Gasteiger charge is -2.17. The smallest absolute Gasteiger partial charge is 0.0722 e. The number of aryl methyl sites for hydroxylation is 2. The summed E-state index contributed by atoms with van der Waals surface area (Å²) in [7, 11) is 3.98. The van der Waals surface area contributed by atoms with Crippen LogP contribution in [0.5, 0.6) is 0 Å². The van der Waals surface area contributed by atoms with Gasteiger partial charge in [-0.15, -0.1) is 0 Å². The standard InChI is InChI=1S/C17H20N4/c1-12-8-9-19-11-14(12)15(18-2)10-16-13-6-4-5-7-17(13)21(3)20-16/h4-9,11,15,18H,10H2,1-3H3. The van der Waals surface area contributed by atoms with E-state index in [0.29, 0.717) is 0 Å². The molecular formula is C17H20N4. The summed E-state index contributed by atoms with van der Waals surface area (Å²) in [5.74, 6) is 0. The summed E-state index contributed by atoms with van der Waals surface area (Å²) in [4.78, 5) is 4.26. The van der Waals surface area contributed by atoms with Crippen molar-refractivity contribution >= 4 is 10.9 Å². The van der Waals surface area contributed by atoms with Crippen LogP contribution >= 0.6 is 0 Å². The van der Waals surface area contributed by atoms with Gasteiger partial charge in [-0.2, -0.15) is 5.10 Å². The first-order valence-corrected chi connectivity index (χ1v) is 7.19. The highest BCUT2D eigenvalue weighted by molar-refractivity contribution is 5.81. The Bertz CT molecular complexity index is 760. The van der Waals surface area contributed by atoms with E-state index in [1.54, 1.807) is 0 Å². The predicted octanol–water partition coefficient (Wildman–Crippen LogP) is 2.78. The SMILES string of the molecule is CNC(Cc1nn(C)c2ccccc12)c1cnccc1C. The zero-order valence-electron chi connectivity index (χ0n) is 12.7. The van der Waals surface area contributed by atoms with E-state index < -0.39 is 0 Å². The van der Waals surface area contributed by atoms with Crippen LogP contribution in [0.4, 0.5) is 0 Å². The van der Waals surface area contributed by atoms with Gasteiger partial charge in [0.05, 0.1) is 11.2 Å². The molecule has 0 aliphatic heterocycles. The van der Waals surface area contributed by atoms with Crippen molar-refractivity contribution in [3.05, 3.63) is 59.5 Å². The van der Waals surface area contributed by atoms with Crippen LogP contribution < -0.4 is 5.32 Å². The Labute approximate surface area is 124 Å². The van der Waals surface area contributed by atoms with Crippen LogP contribution in [-0.4, -0.2) is 21.8 Å². The molecule has 1 aromatic carbocycles. The molecule has 0 aliphatic rings. The van der Waals surface area contributed by atoms with E-state index in [1.807, 2.05) is 31.2 Å². The topological polar surface area (TPSA) is 42.7 Å². The number of aromatic nitrogens is 3. The number of nitrogens with one attached hydrogen (secondary N) is 1. The Balaban J connectivity index is 1.99. The van der Waals surface area contributed by atoms with E-state index in [0.717, 1.165) is 12.1 Å². The fourth-order valence-electron chi connectivity index (χ4n) is 2.84. The number of rotatable bonds is 4. The molecule has 3 rings (SSSR count). The Hall–Kier alpha value is -2.20. The summed E-state index contributed by atoms with van der Waals surface area (Å²) in [6, 6.07) is 10.6. The third kappa shape index (κ3) is 2.54. The molecule has 4 nitrogen and oxygen atoms in total. The third-order valence-corrected chi connectivity index (χ3v) is 4.04. The van der Waals surface area contributed by atoms with Crippen molar-refractivity contribution in [1.29, 1.82) is 0 Å². The lowest BCUT2D eigenvalue weighted by atomic mass is 9.98. The second kappa shape index (κ2) is 5.66. The molecular weight excluding hydrogens is 260 g/mol. The van der Waals surface area contributed by atoms with Crippen LogP contribution in [0.1, 0.15) is 22.9 Å². The second-order valence-corrected chi connectivity index (χ2v) is 5.37. The van der Waals surface area contributed by atoms with E-state index in [4.69, 9.17) is 0 Å². The number of hydrogen-bond donors (Lipinski definition) is 1. The summed E-state index contributed by atoms with van der Waals surface area (Å²) < 4.78 is 1.95. The van der Waals surface area contributed by atoms with Gasteiger partial charge in [0.25, 0.3) is 0 Å². The predicted molar refractivity (Wildman–Crippen MR) is 85.2 cm³/mol. The number of para-hydroxylation sites is 1. The summed E-state index contributed by atoms with van der Waals surface area (Å²) >= 11 is 0. The summed E-state index contributed by atoms with van der Waals surface area (Å²) in [5, 5.41) is 9.31. The Morgan fingerprint density at radius 2 is 2.05 bits per heavy atom. The fourth-order valence-corrected chi connectivity index (χ4v) is 2.84. The molecule has 108 valence electrons. The molecule has 2 aromatic heterocycles. The number of benzene rings is 1. The summed E-state index contributed by atoms with van der Waals surface area (Å²) in [6.07, 6.45) is 4.63. The molecule has 4 heteroatoms. The van der Waals surface area contributed by atoms with Crippen molar-refractivity contribution in [2.45, 2.75) is 19.4 Å². The third-order valence-electron chi connectivity index (χ3n) is 4.04. The lowest BCUT2D eigenvalue weighted by molar-refractivity contribution is 0.574. The van der Waals surface area contributed by atoms with Crippen LogP contribution in [0.3, 0.4) is 0 Å². The van der Waals surface area contributed by atoms with Crippen LogP contribution in [0.2, 0.25) is 0 Å². The highest BCUT2D eigenvalue weighted by Crippen LogP contribution is 2.24. The fraction of sp³-hybridized carbons (Fsp3) is 0.294. The minimum atomic E-state index is 0.219. The van der Waals surface area contributed by atoms with Crippen LogP contribution in [0.25, 0.3) is 10.9 Å². The monoisotopic (exact) mass is 280 g/mol. The second-order valence-electron chi connectivity index (χ2n) is 5.37. The van der Waals surface area contributed by atoms with Crippen molar-refractivity contribution in [3.63, 3.8) is 0 Å².